The van der Waals surface area contributed by atoms with Crippen molar-refractivity contribution in [3.8, 4) is 11.1 Å². The molecule has 0 aromatic heterocycles. The van der Waals surface area contributed by atoms with E-state index in [2.05, 4.69) is 59.6 Å². The minimum Gasteiger partial charge on any atom is -0.548 e. The van der Waals surface area contributed by atoms with E-state index in [1.165, 1.54) is 22.9 Å². The van der Waals surface area contributed by atoms with Crippen LogP contribution in [0.1, 0.15) is 39.0 Å². The Kier molecular flexibility index (Phi) is 12.2. The Hall–Kier alpha value is -3.43. The van der Waals surface area contributed by atoms with Crippen molar-refractivity contribution in [3.63, 3.8) is 0 Å². The minimum absolute atomic E-state index is 0. The summed E-state index contributed by atoms with van der Waals surface area (Å²) in [6, 6.07) is 31.6. The molecule has 1 unspecified atom stereocenters. The van der Waals surface area contributed by atoms with Gasteiger partial charge in [0.15, 0.2) is 0 Å². The minimum atomic E-state index is -1.27. The van der Waals surface area contributed by atoms with Crippen LogP contribution in [0.4, 0.5) is 5.69 Å². The molecule has 0 saturated heterocycles. The number of carbonyl (C=O) groups excluding carboxylic acids is 2. The molecule has 1 atom stereocenters. The maximum atomic E-state index is 13.4. The van der Waals surface area contributed by atoms with Crippen LogP contribution >= 0.6 is 11.8 Å². The second-order valence-corrected chi connectivity index (χ2v) is 11.0. The largest absolute Gasteiger partial charge is 1.00 e. The van der Waals surface area contributed by atoms with Crippen LogP contribution in [0.15, 0.2) is 97.1 Å². The number of rotatable bonds is 12. The number of hydrogen-bond acceptors (Lipinski definition) is 5. The normalized spacial score (nSPS) is 11.3. The van der Waals surface area contributed by atoms with Gasteiger partial charge >= 0.3 is 18.9 Å². The van der Waals surface area contributed by atoms with Crippen LogP contribution in [0.25, 0.3) is 11.1 Å². The maximum Gasteiger partial charge on any atom is 1.00 e. The van der Waals surface area contributed by atoms with Crippen LogP contribution in [0.5, 0.6) is 0 Å². The number of para-hydroxylation sites is 1. The summed E-state index contributed by atoms with van der Waals surface area (Å²) in [5, 5.41) is 14.4. The predicted octanol–water partition coefficient (Wildman–Crippen LogP) is 2.78. The van der Waals surface area contributed by atoms with Crippen molar-refractivity contribution in [1.29, 1.82) is 0 Å². The second kappa shape index (κ2) is 15.5. The standard InChI is InChI=1S/C34H36N2O3S.Li/c1-24-13-15-26(16-14-24)22-36(28-10-5-4-6-11-28)23-27-17-18-30(31(21-27)29-12-8-7-9-25(29)2)33(37)35-32(34(38)39)19-20-40-3;/h4-18,21,32H,19-20,22-23H2,1-3H3,(H,35,37)(H,38,39);/q;+1/p-1. The number of carbonyl (C=O) groups is 2. The van der Waals surface area contributed by atoms with Crippen LogP contribution in [0, 0.1) is 13.8 Å². The summed E-state index contributed by atoms with van der Waals surface area (Å²) in [7, 11) is 0. The van der Waals surface area contributed by atoms with Crippen molar-refractivity contribution in [2.45, 2.75) is 39.4 Å². The molecule has 0 aliphatic carbocycles. The van der Waals surface area contributed by atoms with Crippen LogP contribution < -0.4 is 34.2 Å². The fourth-order valence-corrected chi connectivity index (χ4v) is 5.19. The van der Waals surface area contributed by atoms with Crippen LogP contribution in [0.3, 0.4) is 0 Å². The third kappa shape index (κ3) is 8.77. The molecule has 0 fully saturated rings. The first-order valence-electron chi connectivity index (χ1n) is 13.4. The third-order valence-corrected chi connectivity index (χ3v) is 7.60. The molecule has 7 heteroatoms. The van der Waals surface area contributed by atoms with Crippen molar-refractivity contribution in [1.82, 2.24) is 5.32 Å². The van der Waals surface area contributed by atoms with E-state index in [9.17, 15) is 14.7 Å². The Morgan fingerprint density at radius 2 is 1.46 bits per heavy atom. The van der Waals surface area contributed by atoms with E-state index in [1.54, 1.807) is 0 Å². The van der Waals surface area contributed by atoms with E-state index in [-0.39, 0.29) is 18.9 Å². The zero-order chi connectivity index (χ0) is 28.5. The van der Waals surface area contributed by atoms with Crippen molar-refractivity contribution in [2.24, 2.45) is 0 Å². The predicted molar refractivity (Wildman–Crippen MR) is 163 cm³/mol. The molecule has 4 aromatic rings. The fourth-order valence-electron chi connectivity index (χ4n) is 4.72. The molecular formula is C34H35LiN2O3S. The number of aliphatic carboxylic acids is 1. The molecule has 5 nitrogen and oxygen atoms in total. The zero-order valence-corrected chi connectivity index (χ0v) is 25.0. The number of amides is 1. The summed E-state index contributed by atoms with van der Waals surface area (Å²) in [4.78, 5) is 27.5. The molecule has 4 aromatic carbocycles. The van der Waals surface area contributed by atoms with Gasteiger partial charge in [-0.3, -0.25) is 4.79 Å². The Balaban J connectivity index is 0.00000462. The molecule has 0 radical (unpaired) electrons. The Bertz CT molecular complexity index is 1440. The van der Waals surface area contributed by atoms with Crippen LogP contribution in [-0.2, 0) is 17.9 Å². The Morgan fingerprint density at radius 3 is 2.12 bits per heavy atom. The summed E-state index contributed by atoms with van der Waals surface area (Å²) >= 11 is 1.53. The second-order valence-electron chi connectivity index (χ2n) is 10.00. The van der Waals surface area contributed by atoms with Gasteiger partial charge in [-0.15, -0.1) is 0 Å². The van der Waals surface area contributed by atoms with Gasteiger partial charge in [-0.25, -0.2) is 0 Å². The number of nitrogens with one attached hydrogen (secondary N) is 1. The number of carboxylic acid groups (broad SMARTS) is 1. The number of nitrogens with zero attached hydrogens (tertiary/aromatic N) is 1. The van der Waals surface area contributed by atoms with Gasteiger partial charge < -0.3 is 20.1 Å². The summed E-state index contributed by atoms with van der Waals surface area (Å²) < 4.78 is 0. The van der Waals surface area contributed by atoms with Gasteiger partial charge in [-0.05, 0) is 84.4 Å². The first kappa shape index (κ1) is 32.1. The average Bonchev–Trinajstić information content (AvgIpc) is 2.96. The number of thioether (sulfide) groups is 1. The Labute approximate surface area is 259 Å². The van der Waals surface area contributed by atoms with Crippen LogP contribution in [-0.4, -0.2) is 29.9 Å². The molecule has 0 aliphatic rings. The Morgan fingerprint density at radius 1 is 0.829 bits per heavy atom. The van der Waals surface area contributed by atoms with Crippen molar-refractivity contribution in [2.75, 3.05) is 16.9 Å². The zero-order valence-electron chi connectivity index (χ0n) is 24.2. The molecule has 0 bridgehead atoms. The number of aryl methyl sites for hydroxylation is 2. The summed E-state index contributed by atoms with van der Waals surface area (Å²) in [6.45, 7) is 5.46. The molecular weight excluding hydrogens is 523 g/mol. The smallest absolute Gasteiger partial charge is 0.548 e. The van der Waals surface area contributed by atoms with E-state index < -0.39 is 17.9 Å². The summed E-state index contributed by atoms with van der Waals surface area (Å²) in [5.41, 5.74) is 7.78. The first-order valence-corrected chi connectivity index (χ1v) is 14.8. The number of hydrogen-bond donors (Lipinski definition) is 1. The molecule has 1 N–H and O–H groups in total. The van der Waals surface area contributed by atoms with Gasteiger partial charge in [0.05, 0.1) is 12.0 Å². The van der Waals surface area contributed by atoms with E-state index in [4.69, 9.17) is 0 Å². The molecule has 41 heavy (non-hydrogen) atoms. The monoisotopic (exact) mass is 558 g/mol. The molecule has 0 spiro atoms. The topological polar surface area (TPSA) is 72.5 Å². The van der Waals surface area contributed by atoms with Gasteiger partial charge in [-0.1, -0.05) is 78.4 Å². The van der Waals surface area contributed by atoms with Crippen molar-refractivity contribution < 1.29 is 33.6 Å². The van der Waals surface area contributed by atoms with Gasteiger partial charge in [0.1, 0.15) is 0 Å². The summed E-state index contributed by atoms with van der Waals surface area (Å²) in [6.07, 6.45) is 2.21. The van der Waals surface area contributed by atoms with E-state index in [0.29, 0.717) is 24.3 Å². The molecule has 0 aliphatic heterocycles. The van der Waals surface area contributed by atoms with E-state index in [1.807, 2.05) is 67.8 Å². The number of benzene rings is 4. The van der Waals surface area contributed by atoms with Crippen LogP contribution in [0.2, 0.25) is 0 Å². The van der Waals surface area contributed by atoms with Crippen molar-refractivity contribution in [3.05, 3.63) is 125 Å². The first-order chi connectivity index (χ1) is 19.4. The average molecular weight is 559 g/mol. The molecule has 0 heterocycles. The van der Waals surface area contributed by atoms with Gasteiger partial charge in [-0.2, -0.15) is 11.8 Å². The molecule has 206 valence electrons. The van der Waals surface area contributed by atoms with Gasteiger partial charge in [0.2, 0.25) is 0 Å². The molecule has 1 amide bonds. The van der Waals surface area contributed by atoms with E-state index in [0.717, 1.165) is 34.5 Å². The van der Waals surface area contributed by atoms with Gasteiger partial charge in [0.25, 0.3) is 5.91 Å². The van der Waals surface area contributed by atoms with Crippen molar-refractivity contribution >= 4 is 29.3 Å². The molecule has 4 rings (SSSR count). The number of carboxylic acids is 1. The number of anilines is 1. The summed E-state index contributed by atoms with van der Waals surface area (Å²) in [5.74, 6) is -1.08. The SMILES string of the molecule is CSCCC(NC(=O)c1ccc(CN(Cc2ccc(C)cc2)c2ccccc2)cc1-c1ccccc1C)C(=O)[O-].[Li+]. The quantitative estimate of drug-likeness (QED) is 0.271. The molecule has 0 saturated carbocycles. The van der Waals surface area contributed by atoms with Gasteiger partial charge in [0, 0.05) is 24.3 Å². The maximum absolute atomic E-state index is 13.4. The fraction of sp³-hybridized carbons (Fsp3) is 0.235. The van der Waals surface area contributed by atoms with E-state index >= 15 is 0 Å². The third-order valence-electron chi connectivity index (χ3n) is 6.95.